The van der Waals surface area contributed by atoms with Crippen molar-refractivity contribution in [2.24, 2.45) is 0 Å². The van der Waals surface area contributed by atoms with Gasteiger partial charge in [0, 0.05) is 18.8 Å². The molecule has 0 aliphatic carbocycles. The predicted molar refractivity (Wildman–Crippen MR) is 132 cm³/mol. The summed E-state index contributed by atoms with van der Waals surface area (Å²) in [6.45, 7) is 4.48. The molecule has 0 aromatic heterocycles. The van der Waals surface area contributed by atoms with E-state index in [0.717, 1.165) is 25.7 Å². The van der Waals surface area contributed by atoms with Gasteiger partial charge in [0.25, 0.3) is 0 Å². The fraction of sp³-hybridized carbons (Fsp3) is 0.929. The van der Waals surface area contributed by atoms with E-state index in [1.54, 1.807) is 0 Å². The van der Waals surface area contributed by atoms with E-state index in [1.165, 1.54) is 103 Å². The second-order valence-corrected chi connectivity index (χ2v) is 9.59. The molecule has 0 rings (SSSR count). The van der Waals surface area contributed by atoms with Crippen molar-refractivity contribution < 1.29 is 19.4 Å². The SMILES string of the molecule is CCCCCCCCCCCCCC(=O)OC(CCCCCCCCCCC)CC(=O)[O-]. The van der Waals surface area contributed by atoms with Gasteiger partial charge in [-0.2, -0.15) is 0 Å². The standard InChI is InChI=1S/C28H54O4/c1-3-5-7-9-11-13-14-16-18-20-22-24-28(31)32-26(25-27(29)30)23-21-19-17-15-12-10-8-6-4-2/h26H,3-25H2,1-2H3,(H,29,30)/p-1. The zero-order valence-electron chi connectivity index (χ0n) is 21.5. The molecule has 0 saturated heterocycles. The number of hydrogen-bond acceptors (Lipinski definition) is 4. The van der Waals surface area contributed by atoms with Crippen molar-refractivity contribution in [3.8, 4) is 0 Å². The number of carbonyl (C=O) groups excluding carboxylic acids is 2. The van der Waals surface area contributed by atoms with E-state index >= 15 is 0 Å². The Balaban J connectivity index is 3.71. The van der Waals surface area contributed by atoms with Gasteiger partial charge < -0.3 is 14.6 Å². The number of hydrogen-bond donors (Lipinski definition) is 0. The van der Waals surface area contributed by atoms with Crippen LogP contribution in [0.3, 0.4) is 0 Å². The summed E-state index contributed by atoms with van der Waals surface area (Å²) in [4.78, 5) is 23.1. The normalized spacial score (nSPS) is 12.1. The van der Waals surface area contributed by atoms with Gasteiger partial charge in [0.15, 0.2) is 0 Å². The molecule has 0 spiro atoms. The first-order chi connectivity index (χ1) is 15.6. The van der Waals surface area contributed by atoms with Gasteiger partial charge in [0.05, 0.1) is 0 Å². The quantitative estimate of drug-likeness (QED) is 0.105. The van der Waals surface area contributed by atoms with Crippen LogP contribution >= 0.6 is 0 Å². The van der Waals surface area contributed by atoms with E-state index in [9.17, 15) is 14.7 Å². The Hall–Kier alpha value is -1.06. The maximum Gasteiger partial charge on any atom is 0.306 e. The molecule has 1 unspecified atom stereocenters. The van der Waals surface area contributed by atoms with Crippen LogP contribution in [-0.4, -0.2) is 18.0 Å². The largest absolute Gasteiger partial charge is 0.550 e. The van der Waals surface area contributed by atoms with Crippen molar-refractivity contribution in [2.75, 3.05) is 0 Å². The van der Waals surface area contributed by atoms with Gasteiger partial charge in [0.1, 0.15) is 6.10 Å². The molecule has 0 N–H and O–H groups in total. The van der Waals surface area contributed by atoms with Crippen LogP contribution in [0, 0.1) is 0 Å². The minimum absolute atomic E-state index is 0.180. The van der Waals surface area contributed by atoms with Gasteiger partial charge in [-0.05, 0) is 19.3 Å². The summed E-state index contributed by atoms with van der Waals surface area (Å²) >= 11 is 0. The highest BCUT2D eigenvalue weighted by atomic mass is 16.5. The molecule has 0 aliphatic heterocycles. The lowest BCUT2D eigenvalue weighted by Gasteiger charge is -2.18. The Kier molecular flexibility index (Phi) is 23.8. The Bertz CT molecular complexity index is 422. The molecule has 4 nitrogen and oxygen atoms in total. The molecule has 4 heteroatoms. The Morgan fingerprint density at radius 2 is 0.969 bits per heavy atom. The Labute approximate surface area is 199 Å². The molecule has 0 aromatic carbocycles. The van der Waals surface area contributed by atoms with E-state index in [-0.39, 0.29) is 12.4 Å². The molecule has 0 bridgehead atoms. The monoisotopic (exact) mass is 453 g/mol. The van der Waals surface area contributed by atoms with Crippen molar-refractivity contribution in [1.29, 1.82) is 0 Å². The number of rotatable bonds is 25. The van der Waals surface area contributed by atoms with E-state index < -0.39 is 12.1 Å². The summed E-state index contributed by atoms with van der Waals surface area (Å²) in [5, 5.41) is 11.0. The zero-order chi connectivity index (χ0) is 23.7. The first-order valence-electron chi connectivity index (χ1n) is 14.0. The van der Waals surface area contributed by atoms with E-state index in [2.05, 4.69) is 13.8 Å². The molecule has 0 saturated carbocycles. The number of esters is 1. The minimum Gasteiger partial charge on any atom is -0.550 e. The lowest BCUT2D eigenvalue weighted by molar-refractivity contribution is -0.307. The lowest BCUT2D eigenvalue weighted by atomic mass is 10.0. The van der Waals surface area contributed by atoms with Crippen LogP contribution < -0.4 is 5.11 Å². The highest BCUT2D eigenvalue weighted by Crippen LogP contribution is 2.16. The van der Waals surface area contributed by atoms with Gasteiger partial charge in [-0.3, -0.25) is 4.79 Å². The second kappa shape index (κ2) is 24.6. The van der Waals surface area contributed by atoms with Crippen LogP contribution in [0.25, 0.3) is 0 Å². The number of unbranched alkanes of at least 4 members (excludes halogenated alkanes) is 18. The second-order valence-electron chi connectivity index (χ2n) is 9.59. The van der Waals surface area contributed by atoms with Gasteiger partial charge in [-0.25, -0.2) is 0 Å². The van der Waals surface area contributed by atoms with Gasteiger partial charge >= 0.3 is 5.97 Å². The number of carbonyl (C=O) groups is 2. The summed E-state index contributed by atoms with van der Waals surface area (Å²) in [5.74, 6) is -1.38. The third kappa shape index (κ3) is 23.6. The molecule has 0 aliphatic rings. The highest BCUT2D eigenvalue weighted by Gasteiger charge is 2.14. The molecule has 190 valence electrons. The average molecular weight is 454 g/mol. The van der Waals surface area contributed by atoms with Crippen molar-refractivity contribution >= 4 is 11.9 Å². The average Bonchev–Trinajstić information content (AvgIpc) is 2.75. The molecular weight excluding hydrogens is 400 g/mol. The highest BCUT2D eigenvalue weighted by molar-refractivity contribution is 5.70. The van der Waals surface area contributed by atoms with Crippen molar-refractivity contribution in [2.45, 2.75) is 168 Å². The van der Waals surface area contributed by atoms with Crippen molar-refractivity contribution in [3.05, 3.63) is 0 Å². The van der Waals surface area contributed by atoms with Crippen molar-refractivity contribution in [3.63, 3.8) is 0 Å². The third-order valence-corrected chi connectivity index (χ3v) is 6.31. The summed E-state index contributed by atoms with van der Waals surface area (Å²) < 4.78 is 5.47. The van der Waals surface area contributed by atoms with Crippen LogP contribution in [0.5, 0.6) is 0 Å². The molecule has 0 aromatic rings. The van der Waals surface area contributed by atoms with Crippen LogP contribution in [0.4, 0.5) is 0 Å². The van der Waals surface area contributed by atoms with Gasteiger partial charge in [-0.1, -0.05) is 129 Å². The first kappa shape index (κ1) is 30.9. The number of carboxylic acids is 1. The van der Waals surface area contributed by atoms with Crippen LogP contribution in [-0.2, 0) is 14.3 Å². The summed E-state index contributed by atoms with van der Waals surface area (Å²) in [6, 6.07) is 0. The van der Waals surface area contributed by atoms with Crippen LogP contribution in [0.15, 0.2) is 0 Å². The summed E-state index contributed by atoms with van der Waals surface area (Å²) in [5.41, 5.74) is 0. The maximum absolute atomic E-state index is 12.1. The molecule has 1 atom stereocenters. The van der Waals surface area contributed by atoms with Gasteiger partial charge in [-0.15, -0.1) is 0 Å². The molecule has 0 radical (unpaired) electrons. The predicted octanol–water partition coefficient (Wildman–Crippen LogP) is 7.66. The van der Waals surface area contributed by atoms with E-state index in [4.69, 9.17) is 4.74 Å². The number of aliphatic carboxylic acids is 1. The molecular formula is C28H53O4-. The lowest BCUT2D eigenvalue weighted by Crippen LogP contribution is -2.30. The topological polar surface area (TPSA) is 66.4 Å². The Morgan fingerprint density at radius 3 is 1.38 bits per heavy atom. The smallest absolute Gasteiger partial charge is 0.306 e. The molecule has 32 heavy (non-hydrogen) atoms. The fourth-order valence-electron chi connectivity index (χ4n) is 4.25. The van der Waals surface area contributed by atoms with Crippen LogP contribution in [0.2, 0.25) is 0 Å². The Morgan fingerprint density at radius 1 is 0.594 bits per heavy atom. The first-order valence-corrected chi connectivity index (χ1v) is 14.0. The van der Waals surface area contributed by atoms with Crippen molar-refractivity contribution in [1.82, 2.24) is 0 Å². The van der Waals surface area contributed by atoms with Gasteiger partial charge in [0.2, 0.25) is 0 Å². The number of carboxylic acid groups (broad SMARTS) is 1. The molecule has 0 amide bonds. The minimum atomic E-state index is -1.13. The summed E-state index contributed by atoms with van der Waals surface area (Å²) in [6.07, 6.45) is 25.0. The molecule has 0 heterocycles. The van der Waals surface area contributed by atoms with Crippen LogP contribution in [0.1, 0.15) is 162 Å². The number of ether oxygens (including phenoxy) is 1. The van der Waals surface area contributed by atoms with E-state index in [1.807, 2.05) is 0 Å². The third-order valence-electron chi connectivity index (χ3n) is 6.31. The summed E-state index contributed by atoms with van der Waals surface area (Å²) in [7, 11) is 0. The van der Waals surface area contributed by atoms with E-state index in [0.29, 0.717) is 12.8 Å². The zero-order valence-corrected chi connectivity index (χ0v) is 21.5. The maximum atomic E-state index is 12.1. The fourth-order valence-corrected chi connectivity index (χ4v) is 4.25. The molecule has 0 fully saturated rings.